The maximum absolute atomic E-state index is 6.48. The predicted octanol–water partition coefficient (Wildman–Crippen LogP) is 2.69. The first-order valence-electron chi connectivity index (χ1n) is 6.09. The van der Waals surface area contributed by atoms with Gasteiger partial charge in [-0.25, -0.2) is 0 Å². The van der Waals surface area contributed by atoms with E-state index in [1.54, 1.807) is 0 Å². The lowest BCUT2D eigenvalue weighted by Gasteiger charge is -2.33. The van der Waals surface area contributed by atoms with Crippen LogP contribution in [-0.2, 0) is 0 Å². The van der Waals surface area contributed by atoms with E-state index in [2.05, 4.69) is 0 Å². The van der Waals surface area contributed by atoms with Crippen molar-refractivity contribution in [3.05, 3.63) is 0 Å². The maximum Gasteiger partial charge on any atom is 0.0218 e. The van der Waals surface area contributed by atoms with Gasteiger partial charge in [0.1, 0.15) is 0 Å². The van der Waals surface area contributed by atoms with Gasteiger partial charge in [0.15, 0.2) is 0 Å². The molecule has 0 aromatic heterocycles. The highest BCUT2D eigenvalue weighted by Crippen LogP contribution is 2.59. The minimum Gasteiger partial charge on any atom is -0.325 e. The van der Waals surface area contributed by atoms with Gasteiger partial charge in [-0.1, -0.05) is 32.1 Å². The van der Waals surface area contributed by atoms with Crippen molar-refractivity contribution in [1.82, 2.24) is 0 Å². The van der Waals surface area contributed by atoms with Crippen molar-refractivity contribution in [2.24, 2.45) is 23.5 Å². The molecule has 0 amide bonds. The molecular weight excluding hydrogens is 158 g/mol. The van der Waals surface area contributed by atoms with Gasteiger partial charge in [-0.05, 0) is 37.0 Å². The van der Waals surface area contributed by atoms with Crippen LogP contribution in [0.5, 0.6) is 0 Å². The Labute approximate surface area is 81.1 Å². The van der Waals surface area contributed by atoms with Crippen LogP contribution in [0.4, 0.5) is 0 Å². The average molecular weight is 179 g/mol. The predicted molar refractivity (Wildman–Crippen MR) is 54.3 cm³/mol. The smallest absolute Gasteiger partial charge is 0.0218 e. The van der Waals surface area contributed by atoms with E-state index in [9.17, 15) is 0 Å². The number of hydrogen-bond donors (Lipinski definition) is 1. The van der Waals surface area contributed by atoms with Gasteiger partial charge in [-0.15, -0.1) is 0 Å². The fourth-order valence-corrected chi connectivity index (χ4v) is 3.70. The van der Waals surface area contributed by atoms with Gasteiger partial charge in [0.05, 0.1) is 0 Å². The highest BCUT2D eigenvalue weighted by molar-refractivity contribution is 5.15. The molecule has 0 aromatic carbocycles. The quantitative estimate of drug-likeness (QED) is 0.693. The monoisotopic (exact) mass is 179 g/mol. The Balaban J connectivity index is 1.63. The summed E-state index contributed by atoms with van der Waals surface area (Å²) >= 11 is 0. The summed E-state index contributed by atoms with van der Waals surface area (Å²) in [5.74, 6) is 2.86. The highest BCUT2D eigenvalue weighted by Gasteiger charge is 2.59. The highest BCUT2D eigenvalue weighted by atomic mass is 14.9. The zero-order chi connectivity index (χ0) is 8.89. The van der Waals surface area contributed by atoms with Gasteiger partial charge in [0.25, 0.3) is 0 Å². The third-order valence-electron chi connectivity index (χ3n) is 4.94. The summed E-state index contributed by atoms with van der Waals surface area (Å²) in [4.78, 5) is 0. The van der Waals surface area contributed by atoms with E-state index in [4.69, 9.17) is 5.73 Å². The topological polar surface area (TPSA) is 26.0 Å². The van der Waals surface area contributed by atoms with Crippen LogP contribution in [0.3, 0.4) is 0 Å². The van der Waals surface area contributed by atoms with Gasteiger partial charge in [0, 0.05) is 5.54 Å². The second-order valence-electron chi connectivity index (χ2n) is 5.60. The van der Waals surface area contributed by atoms with E-state index in [0.717, 1.165) is 17.8 Å². The van der Waals surface area contributed by atoms with E-state index in [-0.39, 0.29) is 0 Å². The molecule has 0 saturated heterocycles. The van der Waals surface area contributed by atoms with Gasteiger partial charge in [-0.3, -0.25) is 0 Å². The Morgan fingerprint density at radius 1 is 0.923 bits per heavy atom. The Hall–Kier alpha value is -0.0400. The number of nitrogens with two attached hydrogens (primary N) is 1. The molecule has 1 nitrogen and oxygen atoms in total. The summed E-state index contributed by atoms with van der Waals surface area (Å²) in [5.41, 5.74) is 6.80. The van der Waals surface area contributed by atoms with Gasteiger partial charge >= 0.3 is 0 Å². The molecule has 3 aliphatic rings. The Bertz CT molecular complexity index is 203. The summed E-state index contributed by atoms with van der Waals surface area (Å²) in [6.45, 7) is 0. The molecule has 0 heterocycles. The first kappa shape index (κ1) is 8.28. The first-order valence-corrected chi connectivity index (χ1v) is 6.09. The second kappa shape index (κ2) is 2.73. The van der Waals surface area contributed by atoms with Crippen LogP contribution < -0.4 is 5.73 Å². The summed E-state index contributed by atoms with van der Waals surface area (Å²) in [7, 11) is 0. The van der Waals surface area contributed by atoms with Gasteiger partial charge in [-0.2, -0.15) is 0 Å². The van der Waals surface area contributed by atoms with Crippen molar-refractivity contribution in [2.75, 3.05) is 0 Å². The molecule has 0 spiro atoms. The van der Waals surface area contributed by atoms with Crippen LogP contribution in [-0.4, -0.2) is 5.54 Å². The molecule has 3 rings (SSSR count). The maximum atomic E-state index is 6.48. The van der Waals surface area contributed by atoms with Crippen LogP contribution in [0, 0.1) is 17.8 Å². The standard InChI is InChI=1S/C12H21N/c13-12(10-6-3-7-10)8-11(12)9-4-1-2-5-9/h9-11H,1-8,13H2. The zero-order valence-corrected chi connectivity index (χ0v) is 8.47. The van der Waals surface area contributed by atoms with Crippen LogP contribution in [0.25, 0.3) is 0 Å². The van der Waals surface area contributed by atoms with Crippen molar-refractivity contribution < 1.29 is 0 Å². The van der Waals surface area contributed by atoms with Crippen LogP contribution >= 0.6 is 0 Å². The lowest BCUT2D eigenvalue weighted by atomic mass is 9.76. The molecule has 0 bridgehead atoms. The molecule has 1 heteroatoms. The molecule has 3 aliphatic carbocycles. The van der Waals surface area contributed by atoms with Gasteiger partial charge in [0.2, 0.25) is 0 Å². The molecule has 0 aromatic rings. The van der Waals surface area contributed by atoms with E-state index in [1.165, 1.54) is 51.4 Å². The Kier molecular flexibility index (Phi) is 1.74. The Morgan fingerprint density at radius 3 is 2.15 bits per heavy atom. The third-order valence-corrected chi connectivity index (χ3v) is 4.94. The van der Waals surface area contributed by atoms with Crippen LogP contribution in [0.1, 0.15) is 51.4 Å². The van der Waals surface area contributed by atoms with Crippen molar-refractivity contribution in [1.29, 1.82) is 0 Å². The SMILES string of the molecule is NC1(C2CCC2)CC1C1CCCC1. The molecule has 2 unspecified atom stereocenters. The summed E-state index contributed by atoms with van der Waals surface area (Å²) in [6, 6.07) is 0. The molecule has 74 valence electrons. The third kappa shape index (κ3) is 1.16. The lowest BCUT2D eigenvalue weighted by molar-refractivity contribution is 0.219. The summed E-state index contributed by atoms with van der Waals surface area (Å²) in [5, 5.41) is 0. The molecule has 3 fully saturated rings. The average Bonchev–Trinajstić information content (AvgIpc) is 2.46. The molecule has 0 radical (unpaired) electrons. The number of hydrogen-bond acceptors (Lipinski definition) is 1. The fraction of sp³-hybridized carbons (Fsp3) is 1.00. The largest absolute Gasteiger partial charge is 0.325 e. The Morgan fingerprint density at radius 2 is 1.62 bits per heavy atom. The minimum absolute atomic E-state index is 0.327. The van der Waals surface area contributed by atoms with E-state index in [0.29, 0.717) is 5.54 Å². The van der Waals surface area contributed by atoms with Crippen molar-refractivity contribution in [3.63, 3.8) is 0 Å². The number of rotatable bonds is 2. The minimum atomic E-state index is 0.327. The molecule has 3 saturated carbocycles. The molecular formula is C12H21N. The van der Waals surface area contributed by atoms with Crippen molar-refractivity contribution in [2.45, 2.75) is 56.9 Å². The normalized spacial score (nSPS) is 46.4. The molecule has 2 atom stereocenters. The molecule has 2 N–H and O–H groups in total. The molecule has 13 heavy (non-hydrogen) atoms. The van der Waals surface area contributed by atoms with E-state index in [1.807, 2.05) is 0 Å². The van der Waals surface area contributed by atoms with E-state index < -0.39 is 0 Å². The fourth-order valence-electron chi connectivity index (χ4n) is 3.70. The molecule has 0 aliphatic heterocycles. The lowest BCUT2D eigenvalue weighted by Crippen LogP contribution is -2.39. The van der Waals surface area contributed by atoms with E-state index >= 15 is 0 Å². The summed E-state index contributed by atoms with van der Waals surface area (Å²) < 4.78 is 0. The first-order chi connectivity index (χ1) is 6.31. The van der Waals surface area contributed by atoms with Crippen LogP contribution in [0.2, 0.25) is 0 Å². The zero-order valence-electron chi connectivity index (χ0n) is 8.47. The summed E-state index contributed by atoms with van der Waals surface area (Å²) in [6.07, 6.45) is 11.6. The van der Waals surface area contributed by atoms with Crippen LogP contribution in [0.15, 0.2) is 0 Å². The van der Waals surface area contributed by atoms with Gasteiger partial charge < -0.3 is 5.73 Å². The van der Waals surface area contributed by atoms with Crippen molar-refractivity contribution in [3.8, 4) is 0 Å². The van der Waals surface area contributed by atoms with Crippen molar-refractivity contribution >= 4 is 0 Å². The second-order valence-corrected chi connectivity index (χ2v) is 5.60.